The van der Waals surface area contributed by atoms with Gasteiger partial charge in [-0.3, -0.25) is 0 Å². The minimum absolute atomic E-state index is 0.356. The first-order valence-corrected chi connectivity index (χ1v) is 9.04. The number of quaternary nitrogens is 1. The largest absolute Gasteiger partial charge is 0.493 e. The van der Waals surface area contributed by atoms with Crippen molar-refractivity contribution in [1.29, 1.82) is 0 Å². The van der Waals surface area contributed by atoms with Crippen LogP contribution in [0.4, 0.5) is 0 Å². The van der Waals surface area contributed by atoms with Gasteiger partial charge in [0.05, 0.1) is 26.8 Å². The van der Waals surface area contributed by atoms with Gasteiger partial charge in [-0.2, -0.15) is 0 Å². The highest BCUT2D eigenvalue weighted by Gasteiger charge is 2.16. The molecule has 6 heteroatoms. The zero-order valence-electron chi connectivity index (χ0n) is 15.9. The fourth-order valence-electron chi connectivity index (χ4n) is 3.30. The Morgan fingerprint density at radius 3 is 2.52 bits per heavy atom. The number of para-hydroxylation sites is 1. The number of hydrogen-bond donors (Lipinski definition) is 1. The predicted octanol–water partition coefficient (Wildman–Crippen LogP) is 2.99. The molecule has 1 heterocycles. The number of nitrogens with one attached hydrogen (secondary N) is 1. The van der Waals surface area contributed by atoms with E-state index in [1.165, 1.54) is 4.90 Å². The fourth-order valence-corrected chi connectivity index (χ4v) is 3.46. The van der Waals surface area contributed by atoms with Gasteiger partial charge >= 0.3 is 5.63 Å². The van der Waals surface area contributed by atoms with Crippen LogP contribution in [0.1, 0.15) is 16.7 Å². The van der Waals surface area contributed by atoms with Crippen molar-refractivity contribution in [3.8, 4) is 11.5 Å². The van der Waals surface area contributed by atoms with Crippen molar-refractivity contribution in [2.75, 3.05) is 21.3 Å². The van der Waals surface area contributed by atoms with E-state index in [1.54, 1.807) is 20.3 Å². The highest BCUT2D eigenvalue weighted by atomic mass is 35.5. The monoisotopic (exact) mass is 388 g/mol. The van der Waals surface area contributed by atoms with Crippen LogP contribution in [0.25, 0.3) is 11.0 Å². The van der Waals surface area contributed by atoms with Crippen molar-refractivity contribution in [3.63, 3.8) is 0 Å². The van der Waals surface area contributed by atoms with Gasteiger partial charge in [0.1, 0.15) is 18.7 Å². The van der Waals surface area contributed by atoms with E-state index < -0.39 is 0 Å². The second-order valence-electron chi connectivity index (χ2n) is 6.65. The van der Waals surface area contributed by atoms with Gasteiger partial charge in [0.25, 0.3) is 0 Å². The van der Waals surface area contributed by atoms with E-state index in [9.17, 15) is 4.79 Å². The van der Waals surface area contributed by atoms with Gasteiger partial charge < -0.3 is 18.8 Å². The summed E-state index contributed by atoms with van der Waals surface area (Å²) in [5.41, 5.74) is 3.03. The van der Waals surface area contributed by atoms with Crippen LogP contribution in [0.15, 0.2) is 45.6 Å². The Morgan fingerprint density at radius 1 is 1.07 bits per heavy atom. The van der Waals surface area contributed by atoms with Gasteiger partial charge in [-0.05, 0) is 36.8 Å². The van der Waals surface area contributed by atoms with Crippen molar-refractivity contribution in [2.24, 2.45) is 0 Å². The predicted molar refractivity (Wildman–Crippen MR) is 106 cm³/mol. The standard InChI is InChI=1S/C21H22ClNO4/c1-13-8-19-16(10-17(13)22)15(9-20(24)27-19)12-23(2)11-14-6-5-7-18(25-3)21(14)26-4/h5-10H,11-12H2,1-4H3/p+1. The average Bonchev–Trinajstić information content (AvgIpc) is 2.63. The minimum Gasteiger partial charge on any atom is -0.493 e. The van der Waals surface area contributed by atoms with Crippen LogP contribution in [-0.2, 0) is 13.1 Å². The third-order valence-electron chi connectivity index (χ3n) is 4.58. The second-order valence-corrected chi connectivity index (χ2v) is 7.06. The molecule has 0 saturated carbocycles. The first-order chi connectivity index (χ1) is 12.9. The number of hydrogen-bond acceptors (Lipinski definition) is 4. The molecule has 0 spiro atoms. The zero-order chi connectivity index (χ0) is 19.6. The summed E-state index contributed by atoms with van der Waals surface area (Å²) in [7, 11) is 5.32. The third kappa shape index (κ3) is 4.10. The topological polar surface area (TPSA) is 53.1 Å². The highest BCUT2D eigenvalue weighted by molar-refractivity contribution is 6.32. The van der Waals surface area contributed by atoms with E-state index in [-0.39, 0.29) is 5.63 Å². The van der Waals surface area contributed by atoms with E-state index in [1.807, 2.05) is 37.3 Å². The number of halogens is 1. The second kappa shape index (κ2) is 8.03. The smallest absolute Gasteiger partial charge is 0.336 e. The Hall–Kier alpha value is -2.50. The molecule has 1 unspecified atom stereocenters. The van der Waals surface area contributed by atoms with Crippen molar-refractivity contribution >= 4 is 22.6 Å². The third-order valence-corrected chi connectivity index (χ3v) is 4.99. The van der Waals surface area contributed by atoms with Crippen LogP contribution in [0.5, 0.6) is 11.5 Å². The first kappa shape index (κ1) is 19.3. The molecule has 0 saturated heterocycles. The molecule has 0 amide bonds. The van der Waals surface area contributed by atoms with Gasteiger partial charge in [0.15, 0.2) is 11.5 Å². The van der Waals surface area contributed by atoms with Crippen molar-refractivity contribution < 1.29 is 18.8 Å². The van der Waals surface area contributed by atoms with Gasteiger partial charge in [-0.15, -0.1) is 0 Å². The van der Waals surface area contributed by atoms with Gasteiger partial charge in [0.2, 0.25) is 0 Å². The number of benzene rings is 2. The lowest BCUT2D eigenvalue weighted by Crippen LogP contribution is -3.06. The normalized spacial score (nSPS) is 12.2. The van der Waals surface area contributed by atoms with Crippen molar-refractivity contribution in [1.82, 2.24) is 0 Å². The van der Waals surface area contributed by atoms with Crippen molar-refractivity contribution in [2.45, 2.75) is 20.0 Å². The average molecular weight is 389 g/mol. The summed E-state index contributed by atoms with van der Waals surface area (Å²) in [6, 6.07) is 11.0. The molecule has 2 aromatic carbocycles. The fraction of sp³-hybridized carbons (Fsp3) is 0.286. The summed E-state index contributed by atoms with van der Waals surface area (Å²) >= 11 is 6.28. The van der Waals surface area contributed by atoms with E-state index in [4.69, 9.17) is 25.5 Å². The molecule has 1 aromatic heterocycles. The molecule has 3 aromatic rings. The summed E-state index contributed by atoms with van der Waals surface area (Å²) in [6.45, 7) is 3.24. The first-order valence-electron chi connectivity index (χ1n) is 8.67. The lowest BCUT2D eigenvalue weighted by Gasteiger charge is -2.18. The summed E-state index contributed by atoms with van der Waals surface area (Å²) in [5, 5.41) is 1.52. The Labute approximate surface area is 163 Å². The number of fused-ring (bicyclic) bond motifs is 1. The number of rotatable bonds is 6. The van der Waals surface area contributed by atoms with E-state index >= 15 is 0 Å². The highest BCUT2D eigenvalue weighted by Crippen LogP contribution is 2.30. The Kier molecular flexibility index (Phi) is 5.73. The Balaban J connectivity index is 1.92. The Bertz CT molecular complexity index is 1030. The number of ether oxygens (including phenoxy) is 2. The van der Waals surface area contributed by atoms with Crippen LogP contribution < -0.4 is 20.0 Å². The summed E-state index contributed by atoms with van der Waals surface area (Å²) < 4.78 is 16.2. The van der Waals surface area contributed by atoms with Crippen LogP contribution >= 0.6 is 11.6 Å². The minimum atomic E-state index is -0.356. The number of methoxy groups -OCH3 is 2. The van der Waals surface area contributed by atoms with Crippen LogP contribution in [-0.4, -0.2) is 21.3 Å². The van der Waals surface area contributed by atoms with Gasteiger partial charge in [-0.25, -0.2) is 4.79 Å². The molecule has 5 nitrogen and oxygen atoms in total. The quantitative estimate of drug-likeness (QED) is 0.659. The number of aryl methyl sites for hydroxylation is 1. The maximum atomic E-state index is 12.0. The molecular weight excluding hydrogens is 366 g/mol. The van der Waals surface area contributed by atoms with Gasteiger partial charge in [-0.1, -0.05) is 17.7 Å². The molecule has 0 aliphatic carbocycles. The molecule has 0 fully saturated rings. The molecule has 3 rings (SSSR count). The molecule has 0 aliphatic heterocycles. The Morgan fingerprint density at radius 2 is 1.81 bits per heavy atom. The molecule has 1 atom stereocenters. The molecule has 142 valence electrons. The maximum Gasteiger partial charge on any atom is 0.336 e. The summed E-state index contributed by atoms with van der Waals surface area (Å²) in [5.74, 6) is 1.44. The zero-order valence-corrected chi connectivity index (χ0v) is 16.6. The molecule has 0 bridgehead atoms. The summed E-state index contributed by atoms with van der Waals surface area (Å²) in [6.07, 6.45) is 0. The molecule has 27 heavy (non-hydrogen) atoms. The van der Waals surface area contributed by atoms with Crippen molar-refractivity contribution in [3.05, 3.63) is 68.5 Å². The SMILES string of the molecule is COc1cccc(C[NH+](C)Cc2cc(=O)oc3cc(C)c(Cl)cc23)c1OC. The molecule has 0 radical (unpaired) electrons. The molecule has 0 aliphatic rings. The van der Waals surface area contributed by atoms with Gasteiger partial charge in [0, 0.05) is 22.0 Å². The lowest BCUT2D eigenvalue weighted by molar-refractivity contribution is -0.907. The molecule has 1 N–H and O–H groups in total. The van der Waals surface area contributed by atoms with Crippen LogP contribution in [0.2, 0.25) is 5.02 Å². The van der Waals surface area contributed by atoms with E-state index in [0.29, 0.717) is 29.4 Å². The molecular formula is C21H23ClNO4+. The van der Waals surface area contributed by atoms with Crippen LogP contribution in [0.3, 0.4) is 0 Å². The van der Waals surface area contributed by atoms with Crippen LogP contribution in [0, 0.1) is 6.92 Å². The maximum absolute atomic E-state index is 12.0. The van der Waals surface area contributed by atoms with E-state index in [0.717, 1.165) is 27.8 Å². The lowest BCUT2D eigenvalue weighted by atomic mass is 10.1. The summed E-state index contributed by atoms with van der Waals surface area (Å²) in [4.78, 5) is 13.2. The van der Waals surface area contributed by atoms with E-state index in [2.05, 4.69) is 7.05 Å².